The highest BCUT2D eigenvalue weighted by Crippen LogP contribution is 2.15. The number of unbranched alkanes of at least 4 members (excludes halogenated alkanes) is 8. The zero-order chi connectivity index (χ0) is 13.5. The van der Waals surface area contributed by atoms with Crippen molar-refractivity contribution < 1.29 is 4.39 Å². The fourth-order valence-corrected chi connectivity index (χ4v) is 2.16. The molecule has 0 unspecified atom stereocenters. The molecule has 0 fully saturated rings. The lowest BCUT2D eigenvalue weighted by atomic mass is 10.0. The molecule has 0 saturated heterocycles. The fraction of sp³-hybridized carbons (Fsp3) is 0.765. The summed E-state index contributed by atoms with van der Waals surface area (Å²) in [6.45, 7) is 7.40. The molecule has 0 rings (SSSR count). The van der Waals surface area contributed by atoms with Crippen molar-refractivity contribution in [2.75, 3.05) is 0 Å². The maximum absolute atomic E-state index is 13.5. The highest BCUT2D eigenvalue weighted by molar-refractivity contribution is 4.66. The first-order valence-electron chi connectivity index (χ1n) is 7.67. The van der Waals surface area contributed by atoms with Crippen LogP contribution in [0.5, 0.6) is 0 Å². The van der Waals surface area contributed by atoms with Crippen molar-refractivity contribution in [1.82, 2.24) is 0 Å². The number of rotatable bonds is 14. The quantitative estimate of drug-likeness (QED) is 0.249. The Labute approximate surface area is 113 Å². The van der Waals surface area contributed by atoms with E-state index in [0.29, 0.717) is 0 Å². The molecule has 106 valence electrons. The third-order valence-electron chi connectivity index (χ3n) is 3.35. The average molecular weight is 254 g/mol. The molecule has 0 spiro atoms. The molecule has 0 N–H and O–H groups in total. The van der Waals surface area contributed by atoms with Crippen LogP contribution in [0.3, 0.4) is 0 Å². The van der Waals surface area contributed by atoms with E-state index in [1.54, 1.807) is 0 Å². The Morgan fingerprint density at radius 1 is 0.667 bits per heavy atom. The van der Waals surface area contributed by atoms with Crippen molar-refractivity contribution in [3.63, 3.8) is 0 Å². The van der Waals surface area contributed by atoms with Gasteiger partial charge in [-0.3, -0.25) is 0 Å². The molecule has 0 atom stereocenters. The molecular weight excluding hydrogens is 223 g/mol. The van der Waals surface area contributed by atoms with Crippen LogP contribution >= 0.6 is 0 Å². The smallest absolute Gasteiger partial charge is 0.100 e. The van der Waals surface area contributed by atoms with Crippen molar-refractivity contribution in [2.45, 2.75) is 83.2 Å². The van der Waals surface area contributed by atoms with Crippen molar-refractivity contribution in [2.24, 2.45) is 0 Å². The number of hydrogen-bond acceptors (Lipinski definition) is 0. The van der Waals surface area contributed by atoms with Crippen LogP contribution in [0.2, 0.25) is 0 Å². The van der Waals surface area contributed by atoms with Crippen molar-refractivity contribution >= 4 is 0 Å². The van der Waals surface area contributed by atoms with Crippen LogP contribution in [0.15, 0.2) is 25.3 Å². The van der Waals surface area contributed by atoms with Gasteiger partial charge in [0, 0.05) is 0 Å². The maximum atomic E-state index is 13.5. The Morgan fingerprint density at radius 2 is 1.06 bits per heavy atom. The highest BCUT2D eigenvalue weighted by Gasteiger charge is 2.05. The fourth-order valence-electron chi connectivity index (χ4n) is 2.16. The molecule has 0 nitrogen and oxygen atoms in total. The lowest BCUT2D eigenvalue weighted by Gasteiger charge is -2.07. The van der Waals surface area contributed by atoms with Gasteiger partial charge < -0.3 is 0 Å². The van der Waals surface area contributed by atoms with Crippen LogP contribution in [-0.4, -0.2) is 6.17 Å². The first-order chi connectivity index (χ1) is 8.81. The Morgan fingerprint density at radius 3 is 1.44 bits per heavy atom. The van der Waals surface area contributed by atoms with Crippen LogP contribution in [0, 0.1) is 0 Å². The molecule has 0 aliphatic rings. The van der Waals surface area contributed by atoms with E-state index >= 15 is 0 Å². The molecule has 0 heterocycles. The lowest BCUT2D eigenvalue weighted by molar-refractivity contribution is 0.279. The van der Waals surface area contributed by atoms with Crippen molar-refractivity contribution in [3.8, 4) is 0 Å². The molecule has 0 aliphatic heterocycles. The van der Waals surface area contributed by atoms with Crippen LogP contribution in [-0.2, 0) is 0 Å². The second kappa shape index (κ2) is 14.5. The predicted octanol–water partition coefficient (Wildman–Crippen LogP) is 6.38. The minimum absolute atomic E-state index is 0.566. The molecule has 0 saturated carbocycles. The van der Waals surface area contributed by atoms with E-state index in [9.17, 15) is 4.39 Å². The summed E-state index contributed by atoms with van der Waals surface area (Å²) in [7, 11) is 0. The van der Waals surface area contributed by atoms with Gasteiger partial charge in [0.1, 0.15) is 6.17 Å². The molecule has 0 aliphatic carbocycles. The molecule has 0 aromatic carbocycles. The van der Waals surface area contributed by atoms with Gasteiger partial charge in [-0.2, -0.15) is 0 Å². The molecule has 18 heavy (non-hydrogen) atoms. The third-order valence-corrected chi connectivity index (χ3v) is 3.35. The second-order valence-electron chi connectivity index (χ2n) is 5.16. The van der Waals surface area contributed by atoms with Crippen LogP contribution < -0.4 is 0 Å². The molecule has 0 bridgehead atoms. The second-order valence-corrected chi connectivity index (χ2v) is 5.16. The number of alkyl halides is 1. The van der Waals surface area contributed by atoms with E-state index in [1.165, 1.54) is 38.5 Å². The highest BCUT2D eigenvalue weighted by atomic mass is 19.1. The Kier molecular flexibility index (Phi) is 14.0. The third kappa shape index (κ3) is 13.5. The summed E-state index contributed by atoms with van der Waals surface area (Å²) in [4.78, 5) is 0. The summed E-state index contributed by atoms with van der Waals surface area (Å²) in [6, 6.07) is 0. The largest absolute Gasteiger partial charge is 0.247 e. The summed E-state index contributed by atoms with van der Waals surface area (Å²) >= 11 is 0. The number of hydrogen-bond donors (Lipinski definition) is 0. The zero-order valence-corrected chi connectivity index (χ0v) is 12.0. The Hall–Kier alpha value is -0.590. The predicted molar refractivity (Wildman–Crippen MR) is 80.7 cm³/mol. The van der Waals surface area contributed by atoms with Gasteiger partial charge in [-0.15, -0.1) is 13.2 Å². The zero-order valence-electron chi connectivity index (χ0n) is 12.0. The Bertz CT molecular complexity index is 166. The van der Waals surface area contributed by atoms with E-state index in [4.69, 9.17) is 0 Å². The SMILES string of the molecule is C=CCCCCCCC(F)CCCCCCC=C. The van der Waals surface area contributed by atoms with Gasteiger partial charge in [-0.1, -0.05) is 50.7 Å². The minimum Gasteiger partial charge on any atom is -0.247 e. The molecule has 0 amide bonds. The van der Waals surface area contributed by atoms with Crippen LogP contribution in [0.4, 0.5) is 4.39 Å². The topological polar surface area (TPSA) is 0 Å². The van der Waals surface area contributed by atoms with E-state index in [1.807, 2.05) is 12.2 Å². The van der Waals surface area contributed by atoms with E-state index in [2.05, 4.69) is 13.2 Å². The van der Waals surface area contributed by atoms with Gasteiger partial charge in [0.2, 0.25) is 0 Å². The van der Waals surface area contributed by atoms with Crippen molar-refractivity contribution in [3.05, 3.63) is 25.3 Å². The van der Waals surface area contributed by atoms with Crippen LogP contribution in [0.1, 0.15) is 77.0 Å². The monoisotopic (exact) mass is 254 g/mol. The summed E-state index contributed by atoms with van der Waals surface area (Å²) in [5, 5.41) is 0. The molecule has 0 aromatic rings. The van der Waals surface area contributed by atoms with E-state index in [-0.39, 0.29) is 0 Å². The van der Waals surface area contributed by atoms with Crippen molar-refractivity contribution in [1.29, 1.82) is 0 Å². The van der Waals surface area contributed by atoms with E-state index < -0.39 is 6.17 Å². The molecular formula is C17H31F. The minimum atomic E-state index is -0.566. The summed E-state index contributed by atoms with van der Waals surface area (Å²) in [5.41, 5.74) is 0. The van der Waals surface area contributed by atoms with Gasteiger partial charge >= 0.3 is 0 Å². The van der Waals surface area contributed by atoms with E-state index in [0.717, 1.165) is 38.5 Å². The molecule has 0 radical (unpaired) electrons. The van der Waals surface area contributed by atoms with Gasteiger partial charge in [0.25, 0.3) is 0 Å². The molecule has 1 heteroatoms. The summed E-state index contributed by atoms with van der Waals surface area (Å²) in [5.74, 6) is 0. The first-order valence-corrected chi connectivity index (χ1v) is 7.67. The number of allylic oxidation sites excluding steroid dienone is 2. The van der Waals surface area contributed by atoms with Gasteiger partial charge in [0.05, 0.1) is 0 Å². The average Bonchev–Trinajstić information content (AvgIpc) is 2.38. The Balaban J connectivity index is 3.14. The standard InChI is InChI=1S/C17H31F/c1-3-5-7-9-11-13-15-17(18)16-14-12-10-8-6-4-2/h3-4,17H,1-2,5-16H2. The molecule has 0 aromatic heterocycles. The maximum Gasteiger partial charge on any atom is 0.100 e. The van der Waals surface area contributed by atoms with Gasteiger partial charge in [0.15, 0.2) is 0 Å². The van der Waals surface area contributed by atoms with Crippen LogP contribution in [0.25, 0.3) is 0 Å². The lowest BCUT2D eigenvalue weighted by Crippen LogP contribution is -1.99. The number of halogens is 1. The normalized spacial score (nSPS) is 10.8. The van der Waals surface area contributed by atoms with Gasteiger partial charge in [-0.25, -0.2) is 4.39 Å². The summed E-state index contributed by atoms with van der Waals surface area (Å²) < 4.78 is 13.5. The van der Waals surface area contributed by atoms with Gasteiger partial charge in [-0.05, 0) is 38.5 Å². The summed E-state index contributed by atoms with van der Waals surface area (Å²) in [6.07, 6.45) is 16.4. The first kappa shape index (κ1) is 17.4.